The second-order valence-electron chi connectivity index (χ2n) is 9.88. The number of aryl methyl sites for hydroxylation is 1. The van der Waals surface area contributed by atoms with E-state index >= 15 is 0 Å². The molecule has 1 atom stereocenters. The van der Waals surface area contributed by atoms with Crippen LogP contribution in [0.4, 0.5) is 13.2 Å². The molecular formula is C34H29F3O6. The maximum atomic E-state index is 12.4. The number of benzene rings is 4. The number of halogens is 3. The molecule has 1 unspecified atom stereocenters. The first-order valence-electron chi connectivity index (χ1n) is 13.4. The summed E-state index contributed by atoms with van der Waals surface area (Å²) in [6, 6.07) is 26.4. The van der Waals surface area contributed by atoms with Crippen molar-refractivity contribution in [1.82, 2.24) is 0 Å². The van der Waals surface area contributed by atoms with E-state index in [4.69, 9.17) is 9.84 Å². The van der Waals surface area contributed by atoms with E-state index in [-0.39, 0.29) is 29.4 Å². The lowest BCUT2D eigenvalue weighted by molar-refractivity contribution is -0.274. The Hall–Kier alpha value is -5.05. The first-order valence-corrected chi connectivity index (χ1v) is 13.4. The maximum Gasteiger partial charge on any atom is 0.573 e. The molecule has 0 aliphatic rings. The number of carbonyl (C=O) groups is 2. The lowest BCUT2D eigenvalue weighted by atomic mass is 9.91. The van der Waals surface area contributed by atoms with Gasteiger partial charge in [0, 0.05) is 5.56 Å². The van der Waals surface area contributed by atoms with Crippen molar-refractivity contribution in [2.24, 2.45) is 5.92 Å². The van der Waals surface area contributed by atoms with Gasteiger partial charge >= 0.3 is 18.3 Å². The van der Waals surface area contributed by atoms with Crippen LogP contribution in [0.3, 0.4) is 0 Å². The molecule has 0 bridgehead atoms. The molecular weight excluding hydrogens is 561 g/mol. The third-order valence-electron chi connectivity index (χ3n) is 6.72. The van der Waals surface area contributed by atoms with Crippen LogP contribution in [-0.4, -0.2) is 28.5 Å². The van der Waals surface area contributed by atoms with Gasteiger partial charge in [0.05, 0.1) is 11.1 Å². The van der Waals surface area contributed by atoms with Gasteiger partial charge in [-0.1, -0.05) is 66.7 Å². The van der Waals surface area contributed by atoms with E-state index in [1.54, 1.807) is 48.5 Å². The molecule has 4 aromatic carbocycles. The normalized spacial score (nSPS) is 12.2. The number of hydrogen-bond acceptors (Lipinski definition) is 4. The minimum absolute atomic E-state index is 0.0593. The van der Waals surface area contributed by atoms with E-state index < -0.39 is 18.3 Å². The highest BCUT2D eigenvalue weighted by Crippen LogP contribution is 2.26. The molecule has 0 spiro atoms. The fourth-order valence-electron chi connectivity index (χ4n) is 4.46. The summed E-state index contributed by atoms with van der Waals surface area (Å²) in [5.74, 6) is -1.62. The maximum absolute atomic E-state index is 12.4. The van der Waals surface area contributed by atoms with E-state index in [0.29, 0.717) is 24.2 Å². The highest BCUT2D eigenvalue weighted by molar-refractivity contribution is 5.88. The van der Waals surface area contributed by atoms with E-state index in [0.717, 1.165) is 23.1 Å². The van der Waals surface area contributed by atoms with Crippen LogP contribution in [-0.2, 0) is 19.4 Å². The summed E-state index contributed by atoms with van der Waals surface area (Å²) in [6.45, 7) is 0.142. The average molecular weight is 591 g/mol. The molecule has 9 heteroatoms. The Labute approximate surface area is 246 Å². The summed E-state index contributed by atoms with van der Waals surface area (Å²) >= 11 is 0. The largest absolute Gasteiger partial charge is 0.573 e. The van der Waals surface area contributed by atoms with Crippen molar-refractivity contribution in [3.63, 3.8) is 0 Å². The molecule has 0 aromatic heterocycles. The predicted octanol–water partition coefficient (Wildman–Crippen LogP) is 8.07. The Morgan fingerprint density at radius 2 is 1.30 bits per heavy atom. The molecule has 4 rings (SSSR count). The number of carboxylic acids is 2. The van der Waals surface area contributed by atoms with Crippen molar-refractivity contribution >= 4 is 18.0 Å². The molecule has 2 N–H and O–H groups in total. The number of ether oxygens (including phenoxy) is 2. The molecule has 0 saturated heterocycles. The molecule has 0 aliphatic carbocycles. The van der Waals surface area contributed by atoms with E-state index in [1.807, 2.05) is 30.3 Å². The summed E-state index contributed by atoms with van der Waals surface area (Å²) in [6.07, 6.45) is 1.38. The topological polar surface area (TPSA) is 93.1 Å². The number of aromatic carboxylic acids is 2. The SMILES string of the molecule is O=C(O)c1ccc(CCC(/C=C/c2ccccc2OCc2ccc(OC(F)(F)F)cc2)Cc2ccc(C(=O)O)cc2)cc1. The van der Waals surface area contributed by atoms with Gasteiger partial charge in [-0.05, 0) is 84.3 Å². The van der Waals surface area contributed by atoms with Crippen LogP contribution in [0, 0.1) is 5.92 Å². The highest BCUT2D eigenvalue weighted by atomic mass is 19.4. The zero-order valence-electron chi connectivity index (χ0n) is 23.0. The second kappa shape index (κ2) is 14.2. The number of rotatable bonds is 13. The van der Waals surface area contributed by atoms with Gasteiger partial charge in [-0.15, -0.1) is 13.2 Å². The van der Waals surface area contributed by atoms with E-state index in [1.165, 1.54) is 24.3 Å². The predicted molar refractivity (Wildman–Crippen MR) is 155 cm³/mol. The van der Waals surface area contributed by atoms with Crippen LogP contribution in [0.2, 0.25) is 0 Å². The Balaban J connectivity index is 1.47. The number of hydrogen-bond donors (Lipinski definition) is 2. The molecule has 0 radical (unpaired) electrons. The summed E-state index contributed by atoms with van der Waals surface area (Å²) in [7, 11) is 0. The van der Waals surface area contributed by atoms with Crippen molar-refractivity contribution in [3.8, 4) is 11.5 Å². The minimum atomic E-state index is -4.76. The summed E-state index contributed by atoms with van der Waals surface area (Å²) in [4.78, 5) is 22.4. The third-order valence-corrected chi connectivity index (χ3v) is 6.72. The van der Waals surface area contributed by atoms with Crippen molar-refractivity contribution in [2.75, 3.05) is 0 Å². The Kier molecular flexibility index (Phi) is 10.2. The van der Waals surface area contributed by atoms with Crippen molar-refractivity contribution in [2.45, 2.75) is 32.2 Å². The first kappa shape index (κ1) is 30.9. The van der Waals surface area contributed by atoms with Gasteiger partial charge < -0.3 is 19.7 Å². The quantitative estimate of drug-likeness (QED) is 0.164. The Morgan fingerprint density at radius 1 is 0.744 bits per heavy atom. The lowest BCUT2D eigenvalue weighted by Crippen LogP contribution is -2.17. The summed E-state index contributed by atoms with van der Waals surface area (Å²) < 4.78 is 47.2. The smallest absolute Gasteiger partial charge is 0.488 e. The molecule has 0 heterocycles. The second-order valence-corrected chi connectivity index (χ2v) is 9.88. The third kappa shape index (κ3) is 9.78. The van der Waals surface area contributed by atoms with Crippen LogP contribution < -0.4 is 9.47 Å². The standard InChI is InChI=1S/C34H29F3O6/c35-34(36,37)43-30-19-12-26(13-20-30)22-42-31-4-2-1-3-27(31)14-9-24(21-25-10-17-29(18-11-25)33(40)41)6-5-23-7-15-28(16-8-23)32(38)39/h1-4,7-20,24H,5-6,21-22H2,(H,38,39)(H,40,41)/b14-9+. The zero-order valence-corrected chi connectivity index (χ0v) is 23.0. The number of alkyl halides is 3. The molecule has 4 aromatic rings. The van der Waals surface area contributed by atoms with Crippen molar-refractivity contribution in [1.29, 1.82) is 0 Å². The fraction of sp³-hybridized carbons (Fsp3) is 0.176. The van der Waals surface area contributed by atoms with Crippen LogP contribution >= 0.6 is 0 Å². The molecule has 6 nitrogen and oxygen atoms in total. The molecule has 0 amide bonds. The van der Waals surface area contributed by atoms with Crippen LogP contribution in [0.5, 0.6) is 11.5 Å². The van der Waals surface area contributed by atoms with Crippen molar-refractivity contribution in [3.05, 3.63) is 137 Å². The highest BCUT2D eigenvalue weighted by Gasteiger charge is 2.30. The monoisotopic (exact) mass is 590 g/mol. The average Bonchev–Trinajstić information content (AvgIpc) is 2.98. The number of allylic oxidation sites excluding steroid dienone is 1. The molecule has 222 valence electrons. The lowest BCUT2D eigenvalue weighted by Gasteiger charge is -2.15. The van der Waals surface area contributed by atoms with Gasteiger partial charge in [0.1, 0.15) is 18.1 Å². The summed E-state index contributed by atoms with van der Waals surface area (Å²) in [5, 5.41) is 18.4. The van der Waals surface area contributed by atoms with E-state index in [9.17, 15) is 27.9 Å². The first-order chi connectivity index (χ1) is 20.6. The van der Waals surface area contributed by atoms with Gasteiger partial charge in [0.2, 0.25) is 0 Å². The Morgan fingerprint density at radius 3 is 1.88 bits per heavy atom. The molecule has 0 aliphatic heterocycles. The Bertz CT molecular complexity index is 1540. The van der Waals surface area contributed by atoms with Gasteiger partial charge in [0.15, 0.2) is 0 Å². The minimum Gasteiger partial charge on any atom is -0.488 e. The number of para-hydroxylation sites is 1. The molecule has 0 saturated carbocycles. The van der Waals surface area contributed by atoms with Gasteiger partial charge in [-0.25, -0.2) is 9.59 Å². The zero-order chi connectivity index (χ0) is 30.8. The van der Waals surface area contributed by atoms with Crippen LogP contribution in [0.1, 0.15) is 49.4 Å². The summed E-state index contributed by atoms with van der Waals surface area (Å²) in [5.41, 5.74) is 3.90. The van der Waals surface area contributed by atoms with Gasteiger partial charge in [-0.3, -0.25) is 0 Å². The molecule has 43 heavy (non-hydrogen) atoms. The van der Waals surface area contributed by atoms with Gasteiger partial charge in [-0.2, -0.15) is 0 Å². The molecule has 0 fully saturated rings. The van der Waals surface area contributed by atoms with E-state index in [2.05, 4.69) is 10.8 Å². The van der Waals surface area contributed by atoms with Crippen molar-refractivity contribution < 1.29 is 42.4 Å². The van der Waals surface area contributed by atoms with Crippen LogP contribution in [0.15, 0.2) is 103 Å². The fourth-order valence-corrected chi connectivity index (χ4v) is 4.46. The van der Waals surface area contributed by atoms with Gasteiger partial charge in [0.25, 0.3) is 0 Å². The number of carboxylic acid groups (broad SMARTS) is 2. The van der Waals surface area contributed by atoms with Crippen LogP contribution in [0.25, 0.3) is 6.08 Å².